The van der Waals surface area contributed by atoms with E-state index >= 15 is 0 Å². The zero-order chi connectivity index (χ0) is 31.6. The molecule has 0 unspecified atom stereocenters. The number of piperidine rings is 1. The first-order chi connectivity index (χ1) is 21.1. The molecular formula is C31H39Cl2N7O3S. The average Bonchev–Trinajstić information content (AvgIpc) is 3.42. The summed E-state index contributed by atoms with van der Waals surface area (Å²) in [5.74, 6) is 0.276. The molecule has 10 nitrogen and oxygen atoms in total. The molecule has 2 aromatic carbocycles. The Kier molecular flexibility index (Phi) is 10.0. The van der Waals surface area contributed by atoms with Crippen molar-refractivity contribution >= 4 is 61.7 Å². The molecule has 2 aliphatic rings. The molecule has 236 valence electrons. The van der Waals surface area contributed by atoms with Gasteiger partial charge in [0.15, 0.2) is 0 Å². The molecule has 2 saturated heterocycles. The SMILES string of the molecule is CC.Cc1cc(N2CCC(N3CCN(C)CC3)CC2)c(Cl)cc1Nc1ncc(Cl)c(-c2cn(S(=O)(=O)O)c3ccccc23)n1. The molecule has 2 N–H and O–H groups in total. The first kappa shape index (κ1) is 32.5. The minimum absolute atomic E-state index is 0.240. The average molecular weight is 661 g/mol. The van der Waals surface area contributed by atoms with E-state index in [1.807, 2.05) is 26.8 Å². The summed E-state index contributed by atoms with van der Waals surface area (Å²) in [4.78, 5) is 16.4. The lowest BCUT2D eigenvalue weighted by molar-refractivity contribution is 0.0982. The molecule has 2 aromatic heterocycles. The molecule has 0 bridgehead atoms. The summed E-state index contributed by atoms with van der Waals surface area (Å²) in [5.41, 5.74) is 3.85. The Labute approximate surface area is 269 Å². The number of hydrogen-bond acceptors (Lipinski definition) is 8. The van der Waals surface area contributed by atoms with E-state index in [0.717, 1.165) is 73.0 Å². The van der Waals surface area contributed by atoms with Crippen LogP contribution in [0.3, 0.4) is 0 Å². The highest BCUT2D eigenvalue weighted by atomic mass is 35.5. The van der Waals surface area contributed by atoms with Gasteiger partial charge in [0, 0.05) is 68.1 Å². The number of halogens is 2. The van der Waals surface area contributed by atoms with E-state index in [0.29, 0.717) is 33.2 Å². The van der Waals surface area contributed by atoms with Gasteiger partial charge in [0.25, 0.3) is 0 Å². The van der Waals surface area contributed by atoms with Gasteiger partial charge in [-0.2, -0.15) is 8.42 Å². The third kappa shape index (κ3) is 6.83. The number of benzene rings is 2. The van der Waals surface area contributed by atoms with E-state index in [4.69, 9.17) is 23.2 Å². The van der Waals surface area contributed by atoms with E-state index < -0.39 is 10.3 Å². The predicted octanol–water partition coefficient (Wildman–Crippen LogP) is 6.35. The lowest BCUT2D eigenvalue weighted by atomic mass is 10.0. The fourth-order valence-electron chi connectivity index (χ4n) is 5.97. The zero-order valence-electron chi connectivity index (χ0n) is 25.5. The lowest BCUT2D eigenvalue weighted by Crippen LogP contribution is -2.52. The van der Waals surface area contributed by atoms with Crippen LogP contribution in [-0.2, 0) is 10.3 Å². The summed E-state index contributed by atoms with van der Waals surface area (Å²) in [5, 5.41) is 4.71. The fourth-order valence-corrected chi connectivity index (χ4v) is 7.09. The van der Waals surface area contributed by atoms with Gasteiger partial charge in [0.05, 0.1) is 33.1 Å². The summed E-state index contributed by atoms with van der Waals surface area (Å²) >= 11 is 13.3. The molecule has 0 spiro atoms. The maximum Gasteiger partial charge on any atom is 0.363 e. The van der Waals surface area contributed by atoms with Crippen molar-refractivity contribution in [1.82, 2.24) is 23.7 Å². The molecule has 13 heteroatoms. The number of aromatic nitrogens is 3. The Balaban J connectivity index is 0.00000188. The summed E-state index contributed by atoms with van der Waals surface area (Å²) < 4.78 is 34.6. The van der Waals surface area contributed by atoms with Crippen LogP contribution in [0.5, 0.6) is 0 Å². The number of anilines is 3. The summed E-state index contributed by atoms with van der Waals surface area (Å²) in [7, 11) is -2.34. The Bertz CT molecular complexity index is 1730. The topological polar surface area (TPSA) is 107 Å². The van der Waals surface area contributed by atoms with Crippen molar-refractivity contribution in [2.75, 3.05) is 56.5 Å². The second-order valence-electron chi connectivity index (χ2n) is 11.0. The van der Waals surface area contributed by atoms with Crippen LogP contribution in [0.25, 0.3) is 22.2 Å². The van der Waals surface area contributed by atoms with Crippen molar-refractivity contribution in [2.24, 2.45) is 0 Å². The quantitative estimate of drug-likeness (QED) is 0.229. The van der Waals surface area contributed by atoms with Crippen LogP contribution in [0.2, 0.25) is 10.0 Å². The Hall–Kier alpha value is -2.93. The monoisotopic (exact) mass is 659 g/mol. The minimum atomic E-state index is -4.53. The third-order valence-electron chi connectivity index (χ3n) is 8.33. The molecule has 0 aliphatic carbocycles. The largest absolute Gasteiger partial charge is 0.370 e. The number of para-hydroxylation sites is 1. The van der Waals surface area contributed by atoms with Gasteiger partial charge in [0.2, 0.25) is 5.95 Å². The second kappa shape index (κ2) is 13.6. The van der Waals surface area contributed by atoms with Crippen molar-refractivity contribution in [1.29, 1.82) is 0 Å². The van der Waals surface area contributed by atoms with E-state index in [1.165, 1.54) is 12.4 Å². The first-order valence-electron chi connectivity index (χ1n) is 14.9. The fraction of sp³-hybridized carbons (Fsp3) is 0.419. The first-order valence-corrected chi connectivity index (χ1v) is 17.1. The highest BCUT2D eigenvalue weighted by molar-refractivity contribution is 7.84. The van der Waals surface area contributed by atoms with Crippen LogP contribution in [-0.4, -0.2) is 89.1 Å². The molecule has 6 rings (SSSR count). The maximum absolute atomic E-state index is 12.0. The molecular weight excluding hydrogens is 621 g/mol. The smallest absolute Gasteiger partial charge is 0.363 e. The van der Waals surface area contributed by atoms with E-state index in [2.05, 4.69) is 43.1 Å². The molecule has 0 amide bonds. The van der Waals surface area contributed by atoms with Gasteiger partial charge in [-0.25, -0.2) is 13.9 Å². The van der Waals surface area contributed by atoms with Gasteiger partial charge < -0.3 is 15.1 Å². The van der Waals surface area contributed by atoms with Crippen molar-refractivity contribution < 1.29 is 13.0 Å². The van der Waals surface area contributed by atoms with Gasteiger partial charge in [-0.3, -0.25) is 9.45 Å². The van der Waals surface area contributed by atoms with Crippen LogP contribution < -0.4 is 10.2 Å². The van der Waals surface area contributed by atoms with Gasteiger partial charge >= 0.3 is 10.3 Å². The van der Waals surface area contributed by atoms with E-state index in [1.54, 1.807) is 24.3 Å². The number of fused-ring (bicyclic) bond motifs is 1. The normalized spacial score (nSPS) is 17.0. The second-order valence-corrected chi connectivity index (χ2v) is 13.1. The standard InChI is InChI=1S/C29H33Cl2N7O3S.C2H6/c1-19-15-27(37-9-7-20(8-10-37)36-13-11-35(2)12-14-36)23(30)16-25(19)33-29-32-17-24(31)28(34-29)22-18-38(42(39,40)41)26-6-4-3-5-21(22)26;1-2/h3-6,15-18,20H,7-14H2,1-2H3,(H,32,33,34)(H,39,40,41);1-2H3. The highest BCUT2D eigenvalue weighted by Crippen LogP contribution is 2.37. The van der Waals surface area contributed by atoms with Crippen molar-refractivity contribution in [3.63, 3.8) is 0 Å². The third-order valence-corrected chi connectivity index (χ3v) is 9.70. The lowest BCUT2D eigenvalue weighted by Gasteiger charge is -2.42. The summed E-state index contributed by atoms with van der Waals surface area (Å²) in [6, 6.07) is 11.4. The number of aryl methyl sites for hydroxylation is 1. The number of likely N-dealkylation sites (N-methyl/N-ethyl adjacent to an activating group) is 1. The van der Waals surface area contributed by atoms with Crippen molar-refractivity contribution in [3.8, 4) is 11.3 Å². The molecule has 0 radical (unpaired) electrons. The molecule has 4 heterocycles. The summed E-state index contributed by atoms with van der Waals surface area (Å²) in [6.45, 7) is 12.5. The Morgan fingerprint density at radius 1 is 0.977 bits per heavy atom. The van der Waals surface area contributed by atoms with E-state index in [-0.39, 0.29) is 11.0 Å². The van der Waals surface area contributed by atoms with Crippen LogP contribution in [0.4, 0.5) is 17.3 Å². The zero-order valence-corrected chi connectivity index (χ0v) is 27.8. The van der Waals surface area contributed by atoms with Gasteiger partial charge in [-0.05, 0) is 50.6 Å². The summed E-state index contributed by atoms with van der Waals surface area (Å²) in [6.07, 6.45) is 5.01. The van der Waals surface area contributed by atoms with Crippen molar-refractivity contribution in [3.05, 3.63) is 64.4 Å². The Morgan fingerprint density at radius 3 is 2.34 bits per heavy atom. The predicted molar refractivity (Wildman–Crippen MR) is 180 cm³/mol. The van der Waals surface area contributed by atoms with Gasteiger partial charge in [0.1, 0.15) is 0 Å². The number of nitrogens with one attached hydrogen (secondary N) is 1. The minimum Gasteiger partial charge on any atom is -0.370 e. The van der Waals surface area contributed by atoms with Gasteiger partial charge in [-0.1, -0.05) is 55.2 Å². The molecule has 0 saturated carbocycles. The van der Waals surface area contributed by atoms with Crippen LogP contribution in [0.1, 0.15) is 32.3 Å². The molecule has 44 heavy (non-hydrogen) atoms. The van der Waals surface area contributed by atoms with Crippen molar-refractivity contribution in [2.45, 2.75) is 39.7 Å². The molecule has 2 fully saturated rings. The van der Waals surface area contributed by atoms with E-state index in [9.17, 15) is 13.0 Å². The number of nitrogens with zero attached hydrogens (tertiary/aromatic N) is 6. The Morgan fingerprint density at radius 2 is 1.66 bits per heavy atom. The van der Waals surface area contributed by atoms with Gasteiger partial charge in [-0.15, -0.1) is 0 Å². The number of hydrogen-bond donors (Lipinski definition) is 2. The van der Waals surface area contributed by atoms with Crippen LogP contribution >= 0.6 is 23.2 Å². The van der Waals surface area contributed by atoms with Crippen LogP contribution in [0.15, 0.2) is 48.8 Å². The number of piperazine rings is 1. The van der Waals surface area contributed by atoms with Crippen LogP contribution in [0, 0.1) is 6.92 Å². The maximum atomic E-state index is 12.0. The molecule has 2 aliphatic heterocycles. The molecule has 4 aromatic rings. The highest BCUT2D eigenvalue weighted by Gasteiger charge is 2.28. The number of rotatable bonds is 6. The molecule has 0 atom stereocenters.